The van der Waals surface area contributed by atoms with Crippen LogP contribution in [0.15, 0.2) is 15.9 Å². The molecule has 0 aliphatic rings. The van der Waals surface area contributed by atoms with Gasteiger partial charge in [0.15, 0.2) is 0 Å². The van der Waals surface area contributed by atoms with E-state index in [9.17, 15) is 13.2 Å². The average Bonchev–Trinajstić information content (AvgIpc) is 2.33. The summed E-state index contributed by atoms with van der Waals surface area (Å²) in [6.45, 7) is 0. The molecule has 0 bridgehead atoms. The Kier molecular flexibility index (Phi) is 3.37. The third-order valence-corrected chi connectivity index (χ3v) is 3.18. The van der Waals surface area contributed by atoms with E-state index in [1.54, 1.807) is 11.4 Å². The second kappa shape index (κ2) is 3.98. The molecule has 0 aromatic carbocycles. The molecule has 1 aromatic heterocycles. The monoisotopic (exact) mass is 273 g/mol. The van der Waals surface area contributed by atoms with Gasteiger partial charge < -0.3 is 5.73 Å². The fraction of sp³-hybridized carbons (Fsp3) is 0.429. The van der Waals surface area contributed by atoms with Crippen LogP contribution in [0.25, 0.3) is 0 Å². The van der Waals surface area contributed by atoms with Crippen LogP contribution in [0.4, 0.5) is 13.2 Å². The van der Waals surface area contributed by atoms with Crippen molar-refractivity contribution in [1.29, 1.82) is 0 Å². The van der Waals surface area contributed by atoms with E-state index in [1.165, 1.54) is 11.3 Å². The Hall–Kier alpha value is -0.0700. The molecule has 0 aliphatic carbocycles. The van der Waals surface area contributed by atoms with Crippen molar-refractivity contribution in [3.8, 4) is 0 Å². The summed E-state index contributed by atoms with van der Waals surface area (Å²) in [5, 5.41) is 1.73. The van der Waals surface area contributed by atoms with Crippen LogP contribution in [-0.4, -0.2) is 12.2 Å². The minimum Gasteiger partial charge on any atom is -0.320 e. The highest BCUT2D eigenvalue weighted by Gasteiger charge is 2.36. The lowest BCUT2D eigenvalue weighted by molar-refractivity contribution is -0.147. The van der Waals surface area contributed by atoms with Gasteiger partial charge >= 0.3 is 6.18 Å². The van der Waals surface area contributed by atoms with E-state index >= 15 is 0 Å². The molecule has 0 radical (unpaired) electrons. The van der Waals surface area contributed by atoms with Gasteiger partial charge in [-0.25, -0.2) is 0 Å². The van der Waals surface area contributed by atoms with E-state index < -0.39 is 12.2 Å². The zero-order chi connectivity index (χ0) is 10.1. The van der Waals surface area contributed by atoms with Crippen molar-refractivity contribution >= 4 is 27.3 Å². The number of hydrogen-bond donors (Lipinski definition) is 1. The average molecular weight is 274 g/mol. The van der Waals surface area contributed by atoms with E-state index in [0.717, 1.165) is 4.47 Å². The number of thiophene rings is 1. The summed E-state index contributed by atoms with van der Waals surface area (Å²) in [6.07, 6.45) is -4.46. The first kappa shape index (κ1) is 11.0. The molecule has 1 unspecified atom stereocenters. The summed E-state index contributed by atoms with van der Waals surface area (Å²) in [5.74, 6) is 0. The van der Waals surface area contributed by atoms with Crippen LogP contribution >= 0.6 is 27.3 Å². The maximum absolute atomic E-state index is 12.0. The first-order valence-corrected chi connectivity index (χ1v) is 5.12. The molecule has 2 N–H and O–H groups in total. The van der Waals surface area contributed by atoms with E-state index in [0.29, 0.717) is 4.88 Å². The summed E-state index contributed by atoms with van der Waals surface area (Å²) in [7, 11) is 0. The molecule has 1 nitrogen and oxygen atoms in total. The van der Waals surface area contributed by atoms with E-state index in [-0.39, 0.29) is 6.42 Å². The van der Waals surface area contributed by atoms with Crippen molar-refractivity contribution in [1.82, 2.24) is 0 Å². The molecule has 1 rings (SSSR count). The topological polar surface area (TPSA) is 26.0 Å². The van der Waals surface area contributed by atoms with Gasteiger partial charge in [-0.1, -0.05) is 0 Å². The fourth-order valence-corrected chi connectivity index (χ4v) is 2.30. The molecule has 13 heavy (non-hydrogen) atoms. The second-order valence-electron chi connectivity index (χ2n) is 2.58. The van der Waals surface area contributed by atoms with Crippen molar-refractivity contribution in [2.24, 2.45) is 5.73 Å². The molecule has 0 saturated carbocycles. The molecule has 0 aliphatic heterocycles. The second-order valence-corrected chi connectivity index (χ2v) is 4.49. The fourth-order valence-electron chi connectivity index (χ4n) is 0.793. The maximum atomic E-state index is 12.0. The van der Waals surface area contributed by atoms with Crippen molar-refractivity contribution < 1.29 is 13.2 Å². The van der Waals surface area contributed by atoms with Gasteiger partial charge in [-0.3, -0.25) is 0 Å². The van der Waals surface area contributed by atoms with Crippen LogP contribution < -0.4 is 5.73 Å². The van der Waals surface area contributed by atoms with Crippen molar-refractivity contribution in [2.75, 3.05) is 0 Å². The number of hydrogen-bond acceptors (Lipinski definition) is 2. The first-order chi connectivity index (χ1) is 5.89. The number of rotatable bonds is 2. The SMILES string of the molecule is NC(Cc1cc(Br)cs1)C(F)(F)F. The quantitative estimate of drug-likeness (QED) is 0.881. The van der Waals surface area contributed by atoms with Gasteiger partial charge in [0.1, 0.15) is 6.04 Å². The predicted octanol–water partition coefficient (Wildman–Crippen LogP) is 2.94. The third kappa shape index (κ3) is 3.28. The summed E-state index contributed by atoms with van der Waals surface area (Å²) in [6, 6.07) is -0.117. The predicted molar refractivity (Wildman–Crippen MR) is 49.8 cm³/mol. The lowest BCUT2D eigenvalue weighted by Crippen LogP contribution is -2.38. The minimum atomic E-state index is -4.31. The summed E-state index contributed by atoms with van der Waals surface area (Å²) >= 11 is 4.43. The van der Waals surface area contributed by atoms with Gasteiger partial charge in [-0.05, 0) is 22.0 Å². The van der Waals surface area contributed by atoms with Gasteiger partial charge in [-0.2, -0.15) is 13.2 Å². The Morgan fingerprint density at radius 3 is 2.54 bits per heavy atom. The normalized spacial score (nSPS) is 14.5. The summed E-state index contributed by atoms with van der Waals surface area (Å²) < 4.78 is 36.8. The smallest absolute Gasteiger partial charge is 0.320 e. The van der Waals surface area contributed by atoms with Crippen molar-refractivity contribution in [2.45, 2.75) is 18.6 Å². The standard InChI is InChI=1S/C7H7BrF3NS/c8-4-1-5(13-3-4)2-6(12)7(9,10)11/h1,3,6H,2,12H2. The summed E-state index contributed by atoms with van der Waals surface area (Å²) in [4.78, 5) is 0.636. The highest BCUT2D eigenvalue weighted by molar-refractivity contribution is 9.10. The number of alkyl halides is 3. The lowest BCUT2D eigenvalue weighted by atomic mass is 10.2. The summed E-state index contributed by atoms with van der Waals surface area (Å²) in [5.41, 5.74) is 4.96. The van der Waals surface area contributed by atoms with Gasteiger partial charge in [0, 0.05) is 21.2 Å². The minimum absolute atomic E-state index is 0.153. The van der Waals surface area contributed by atoms with E-state index in [4.69, 9.17) is 5.73 Å². The maximum Gasteiger partial charge on any atom is 0.403 e. The molecule has 0 spiro atoms. The van der Waals surface area contributed by atoms with Crippen LogP contribution in [0.2, 0.25) is 0 Å². The number of halogens is 4. The molecular weight excluding hydrogens is 267 g/mol. The van der Waals surface area contributed by atoms with Gasteiger partial charge in [0.05, 0.1) is 0 Å². The lowest BCUT2D eigenvalue weighted by Gasteiger charge is -2.13. The van der Waals surface area contributed by atoms with Crippen LogP contribution in [0.3, 0.4) is 0 Å². The van der Waals surface area contributed by atoms with Gasteiger partial charge in [-0.15, -0.1) is 11.3 Å². The molecule has 0 fully saturated rings. The Morgan fingerprint density at radius 1 is 1.54 bits per heavy atom. The van der Waals surface area contributed by atoms with Gasteiger partial charge in [0.25, 0.3) is 0 Å². The molecule has 74 valence electrons. The van der Waals surface area contributed by atoms with Crippen molar-refractivity contribution in [3.63, 3.8) is 0 Å². The zero-order valence-corrected chi connectivity index (χ0v) is 8.84. The largest absolute Gasteiger partial charge is 0.403 e. The zero-order valence-electron chi connectivity index (χ0n) is 6.44. The van der Waals surface area contributed by atoms with Gasteiger partial charge in [0.2, 0.25) is 0 Å². The van der Waals surface area contributed by atoms with Crippen LogP contribution in [0.1, 0.15) is 4.88 Å². The first-order valence-electron chi connectivity index (χ1n) is 3.45. The van der Waals surface area contributed by atoms with Crippen LogP contribution in [0, 0.1) is 0 Å². The Labute approximate surface area is 85.9 Å². The molecule has 1 heterocycles. The highest BCUT2D eigenvalue weighted by Crippen LogP contribution is 2.25. The molecule has 6 heteroatoms. The van der Waals surface area contributed by atoms with Crippen LogP contribution in [0.5, 0.6) is 0 Å². The molecular formula is C7H7BrF3NS. The number of nitrogens with two attached hydrogens (primary N) is 1. The molecule has 0 saturated heterocycles. The van der Waals surface area contributed by atoms with E-state index in [1.807, 2.05) is 0 Å². The molecule has 1 aromatic rings. The highest BCUT2D eigenvalue weighted by atomic mass is 79.9. The van der Waals surface area contributed by atoms with Crippen molar-refractivity contribution in [3.05, 3.63) is 20.8 Å². The Bertz CT molecular complexity index is 284. The molecule has 0 amide bonds. The Morgan fingerprint density at radius 2 is 2.15 bits per heavy atom. The van der Waals surface area contributed by atoms with E-state index in [2.05, 4.69) is 15.9 Å². The Balaban J connectivity index is 2.60. The molecule has 1 atom stereocenters. The van der Waals surface area contributed by atoms with Crippen LogP contribution in [-0.2, 0) is 6.42 Å². The third-order valence-electron chi connectivity index (χ3n) is 1.46.